The van der Waals surface area contributed by atoms with Gasteiger partial charge in [0.25, 0.3) is 0 Å². The normalized spacial score (nSPS) is 44.8. The van der Waals surface area contributed by atoms with Crippen LogP contribution in [0.1, 0.15) is 99.8 Å². The number of aliphatic hydroxyl groups excluding tert-OH is 1. The molecule has 7 unspecified atom stereocenters. The fraction of sp³-hybridized carbons (Fsp3) is 0.767. The van der Waals surface area contributed by atoms with E-state index >= 15 is 0 Å². The second-order valence-electron chi connectivity index (χ2n) is 13.0. The van der Waals surface area contributed by atoms with E-state index < -0.39 is 0 Å². The summed E-state index contributed by atoms with van der Waals surface area (Å²) in [6.07, 6.45) is 16.9. The van der Waals surface area contributed by atoms with Gasteiger partial charge in [0.15, 0.2) is 0 Å². The van der Waals surface area contributed by atoms with Crippen molar-refractivity contribution in [1.29, 1.82) is 0 Å². The van der Waals surface area contributed by atoms with Gasteiger partial charge in [-0.1, -0.05) is 70.9 Å². The van der Waals surface area contributed by atoms with Gasteiger partial charge in [-0.2, -0.15) is 0 Å². The first-order chi connectivity index (χ1) is 14.9. The van der Waals surface area contributed by atoms with E-state index in [4.69, 9.17) is 0 Å². The summed E-state index contributed by atoms with van der Waals surface area (Å²) in [6.45, 7) is 16.6. The molecule has 0 aliphatic heterocycles. The Balaban J connectivity index is 1.67. The third kappa shape index (κ3) is 3.26. The van der Waals surface area contributed by atoms with Crippen LogP contribution in [-0.2, 0) is 4.79 Å². The highest BCUT2D eigenvalue weighted by Crippen LogP contribution is 2.72. The molecule has 32 heavy (non-hydrogen) atoms. The first kappa shape index (κ1) is 24.0. The predicted molar refractivity (Wildman–Crippen MR) is 133 cm³/mol. The highest BCUT2D eigenvalue weighted by Gasteiger charge is 2.63. The van der Waals surface area contributed by atoms with Crippen molar-refractivity contribution in [3.05, 3.63) is 34.9 Å². The summed E-state index contributed by atoms with van der Waals surface area (Å²) in [5.74, 6) is 1.81. The quantitative estimate of drug-likeness (QED) is 0.214. The molecule has 4 aliphatic carbocycles. The van der Waals surface area contributed by atoms with Crippen molar-refractivity contribution in [2.24, 2.45) is 39.4 Å². The van der Waals surface area contributed by atoms with Crippen LogP contribution in [0.15, 0.2) is 34.9 Å². The van der Waals surface area contributed by atoms with Gasteiger partial charge in [0, 0.05) is 0 Å². The average Bonchev–Trinajstić information content (AvgIpc) is 3.02. The Morgan fingerprint density at radius 3 is 2.41 bits per heavy atom. The molecule has 7 atom stereocenters. The molecule has 0 saturated heterocycles. The van der Waals surface area contributed by atoms with Crippen molar-refractivity contribution in [3.8, 4) is 0 Å². The number of carbonyl (C=O) groups excluding carboxylic acids is 1. The van der Waals surface area contributed by atoms with Crippen LogP contribution in [0, 0.1) is 39.4 Å². The third-order valence-electron chi connectivity index (χ3n) is 11.4. The van der Waals surface area contributed by atoms with Gasteiger partial charge in [0.2, 0.25) is 0 Å². The molecule has 2 heteroatoms. The van der Waals surface area contributed by atoms with E-state index in [2.05, 4.69) is 53.7 Å². The van der Waals surface area contributed by atoms with Gasteiger partial charge in [0.05, 0.1) is 6.10 Å². The van der Waals surface area contributed by atoms with Gasteiger partial charge in [-0.05, 0) is 103 Å². The van der Waals surface area contributed by atoms with Crippen molar-refractivity contribution in [3.63, 3.8) is 0 Å². The molecule has 0 radical (unpaired) electrons. The standard InChI is InChI=1S/C30H46O2/c1-20(19-31)9-8-10-21(2)22-13-17-30(7)24-11-12-25-27(3,4)26(32)15-16-28(25,5)23(24)14-18-29(22,30)6/h8-10,19,21-22,25-26,32H,11-18H2,1-7H3. The molecule has 0 spiro atoms. The lowest BCUT2D eigenvalue weighted by Gasteiger charge is -2.62. The topological polar surface area (TPSA) is 37.3 Å². The molecule has 2 saturated carbocycles. The molecular weight excluding hydrogens is 392 g/mol. The minimum atomic E-state index is -0.160. The van der Waals surface area contributed by atoms with E-state index in [9.17, 15) is 9.90 Å². The molecule has 1 N–H and O–H groups in total. The van der Waals surface area contributed by atoms with Crippen LogP contribution >= 0.6 is 0 Å². The zero-order valence-corrected chi connectivity index (χ0v) is 21.6. The Morgan fingerprint density at radius 1 is 1.00 bits per heavy atom. The van der Waals surface area contributed by atoms with E-state index in [-0.39, 0.29) is 16.9 Å². The monoisotopic (exact) mass is 438 g/mol. The molecule has 0 aromatic rings. The summed E-state index contributed by atoms with van der Waals surface area (Å²) in [5, 5.41) is 10.8. The summed E-state index contributed by atoms with van der Waals surface area (Å²) in [5.41, 5.74) is 5.31. The molecule has 4 rings (SSSR count). The molecule has 0 heterocycles. The van der Waals surface area contributed by atoms with E-state index in [1.165, 1.54) is 38.5 Å². The number of hydrogen-bond donors (Lipinski definition) is 1. The highest BCUT2D eigenvalue weighted by molar-refractivity contribution is 5.72. The van der Waals surface area contributed by atoms with Crippen molar-refractivity contribution in [2.75, 3.05) is 0 Å². The van der Waals surface area contributed by atoms with E-state index in [1.807, 2.05) is 18.6 Å². The number of aldehydes is 1. The zero-order valence-electron chi connectivity index (χ0n) is 21.6. The van der Waals surface area contributed by atoms with Gasteiger partial charge < -0.3 is 5.11 Å². The Labute approximate surface area is 196 Å². The maximum absolute atomic E-state index is 10.9. The van der Waals surface area contributed by atoms with Crippen LogP contribution in [0.25, 0.3) is 0 Å². The largest absolute Gasteiger partial charge is 0.393 e. The number of allylic oxidation sites excluding steroid dienone is 6. The van der Waals surface area contributed by atoms with Crippen molar-refractivity contribution >= 4 is 6.29 Å². The van der Waals surface area contributed by atoms with Gasteiger partial charge >= 0.3 is 0 Å². The lowest BCUT2D eigenvalue weighted by molar-refractivity contribution is -0.104. The van der Waals surface area contributed by atoms with Crippen molar-refractivity contribution < 1.29 is 9.90 Å². The molecule has 0 aromatic heterocycles. The summed E-state index contributed by atoms with van der Waals surface area (Å²) in [6, 6.07) is 0. The van der Waals surface area contributed by atoms with Crippen LogP contribution in [0.4, 0.5) is 0 Å². The number of rotatable bonds is 4. The summed E-state index contributed by atoms with van der Waals surface area (Å²) in [4.78, 5) is 10.9. The second-order valence-corrected chi connectivity index (χ2v) is 13.0. The molecule has 2 fully saturated rings. The Morgan fingerprint density at radius 2 is 1.72 bits per heavy atom. The minimum Gasteiger partial charge on any atom is -0.393 e. The van der Waals surface area contributed by atoms with Crippen molar-refractivity contribution in [2.45, 2.75) is 106 Å². The van der Waals surface area contributed by atoms with Gasteiger partial charge in [0.1, 0.15) is 6.29 Å². The lowest BCUT2D eigenvalue weighted by Crippen LogP contribution is -2.55. The van der Waals surface area contributed by atoms with Crippen molar-refractivity contribution in [1.82, 2.24) is 0 Å². The fourth-order valence-corrected chi connectivity index (χ4v) is 9.12. The average molecular weight is 439 g/mol. The molecular formula is C30H46O2. The molecule has 4 aliphatic rings. The number of fused-ring (bicyclic) bond motifs is 4. The molecule has 2 nitrogen and oxygen atoms in total. The number of aliphatic hydroxyl groups is 1. The third-order valence-corrected chi connectivity index (χ3v) is 11.4. The van der Waals surface area contributed by atoms with E-state index in [1.54, 1.807) is 5.57 Å². The summed E-state index contributed by atoms with van der Waals surface area (Å²) in [7, 11) is 0. The molecule has 0 aromatic carbocycles. The maximum Gasteiger partial charge on any atom is 0.145 e. The first-order valence-corrected chi connectivity index (χ1v) is 13.1. The van der Waals surface area contributed by atoms with Crippen LogP contribution in [0.5, 0.6) is 0 Å². The van der Waals surface area contributed by atoms with Gasteiger partial charge in [-0.3, -0.25) is 4.79 Å². The van der Waals surface area contributed by atoms with Crippen LogP contribution in [0.3, 0.4) is 0 Å². The second kappa shape index (κ2) is 7.97. The smallest absolute Gasteiger partial charge is 0.145 e. The van der Waals surface area contributed by atoms with E-state index in [0.29, 0.717) is 28.6 Å². The Bertz CT molecular complexity index is 860. The van der Waals surface area contributed by atoms with E-state index in [0.717, 1.165) is 24.7 Å². The predicted octanol–water partition coefficient (Wildman–Crippen LogP) is 7.43. The number of hydrogen-bond acceptors (Lipinski definition) is 2. The first-order valence-electron chi connectivity index (χ1n) is 13.1. The van der Waals surface area contributed by atoms with Crippen LogP contribution < -0.4 is 0 Å². The maximum atomic E-state index is 10.9. The highest BCUT2D eigenvalue weighted by atomic mass is 16.3. The Kier molecular flexibility index (Phi) is 5.97. The molecule has 0 amide bonds. The minimum absolute atomic E-state index is 0.0118. The Hall–Kier alpha value is -1.15. The lowest BCUT2D eigenvalue weighted by atomic mass is 9.43. The molecule has 0 bridgehead atoms. The van der Waals surface area contributed by atoms with Gasteiger partial charge in [-0.25, -0.2) is 0 Å². The number of carbonyl (C=O) groups is 1. The molecule has 178 valence electrons. The fourth-order valence-electron chi connectivity index (χ4n) is 9.12. The van der Waals surface area contributed by atoms with Crippen LogP contribution in [0.2, 0.25) is 0 Å². The SMILES string of the molecule is CC(C=O)=CC=CC(C)C1CCC2(C)C3=C(CCC12C)C1(C)CCC(O)C(C)(C)C1CC3. The summed E-state index contributed by atoms with van der Waals surface area (Å²) >= 11 is 0. The van der Waals surface area contributed by atoms with Crippen LogP contribution in [-0.4, -0.2) is 17.5 Å². The van der Waals surface area contributed by atoms with Gasteiger partial charge in [-0.15, -0.1) is 0 Å². The zero-order chi connectivity index (χ0) is 23.5. The summed E-state index contributed by atoms with van der Waals surface area (Å²) < 4.78 is 0.